The van der Waals surface area contributed by atoms with E-state index in [-0.39, 0.29) is 5.41 Å². The highest BCUT2D eigenvalue weighted by Gasteiger charge is 2.20. The number of hydrogen-bond donors (Lipinski definition) is 2. The highest BCUT2D eigenvalue weighted by molar-refractivity contribution is 5.86. The van der Waals surface area contributed by atoms with Gasteiger partial charge in [0.05, 0.1) is 0 Å². The summed E-state index contributed by atoms with van der Waals surface area (Å²) < 4.78 is 0. The molecule has 21 heavy (non-hydrogen) atoms. The molecule has 4 nitrogen and oxygen atoms in total. The zero-order valence-corrected chi connectivity index (χ0v) is 13.8. The summed E-state index contributed by atoms with van der Waals surface area (Å²) >= 11 is 0. The first-order chi connectivity index (χ1) is 9.55. The quantitative estimate of drug-likeness (QED) is 0.623. The molecule has 0 aromatic carbocycles. The fraction of sp³-hybridized carbons (Fsp3) is 0.647. The van der Waals surface area contributed by atoms with Gasteiger partial charge in [-0.2, -0.15) is 0 Å². The second-order valence-corrected chi connectivity index (χ2v) is 6.64. The minimum atomic E-state index is -0.867. The summed E-state index contributed by atoms with van der Waals surface area (Å²) in [7, 11) is 0. The number of allylic oxidation sites excluding steroid dienone is 2. The van der Waals surface area contributed by atoms with Crippen LogP contribution in [0.1, 0.15) is 60.3 Å². The second-order valence-electron chi connectivity index (χ2n) is 6.64. The van der Waals surface area contributed by atoms with Crippen LogP contribution in [-0.4, -0.2) is 22.2 Å². The van der Waals surface area contributed by atoms with Gasteiger partial charge in [0.25, 0.3) is 0 Å². The number of carboxylic acids is 2. The Morgan fingerprint density at radius 1 is 1.05 bits per heavy atom. The molecule has 0 spiro atoms. The molecule has 120 valence electrons. The monoisotopic (exact) mass is 296 g/mol. The molecule has 4 heteroatoms. The Morgan fingerprint density at radius 2 is 1.52 bits per heavy atom. The van der Waals surface area contributed by atoms with Crippen LogP contribution in [0.4, 0.5) is 0 Å². The van der Waals surface area contributed by atoms with Crippen LogP contribution in [0.15, 0.2) is 23.3 Å². The average Bonchev–Trinajstić information content (AvgIpc) is 2.34. The van der Waals surface area contributed by atoms with E-state index in [2.05, 4.69) is 20.8 Å². The van der Waals surface area contributed by atoms with E-state index in [1.54, 1.807) is 26.0 Å². The first-order valence-electron chi connectivity index (χ1n) is 7.35. The molecular formula is C17H28O4. The molecule has 0 aromatic heterocycles. The predicted molar refractivity (Wildman–Crippen MR) is 84.2 cm³/mol. The largest absolute Gasteiger partial charge is 0.478 e. The van der Waals surface area contributed by atoms with Crippen LogP contribution >= 0.6 is 0 Å². The van der Waals surface area contributed by atoms with Gasteiger partial charge < -0.3 is 10.2 Å². The Labute approximate surface area is 127 Å². The third-order valence-corrected chi connectivity index (χ3v) is 3.65. The Hall–Kier alpha value is -1.58. The summed E-state index contributed by atoms with van der Waals surface area (Å²) in [6, 6.07) is 0. The number of hydrogen-bond acceptors (Lipinski definition) is 2. The van der Waals surface area contributed by atoms with Crippen molar-refractivity contribution in [2.45, 2.75) is 60.3 Å². The minimum absolute atomic E-state index is 0.0433. The van der Waals surface area contributed by atoms with Gasteiger partial charge in [-0.05, 0) is 50.9 Å². The van der Waals surface area contributed by atoms with Gasteiger partial charge in [-0.3, -0.25) is 0 Å². The van der Waals surface area contributed by atoms with Crippen molar-refractivity contribution >= 4 is 11.9 Å². The van der Waals surface area contributed by atoms with Crippen LogP contribution in [0.3, 0.4) is 0 Å². The van der Waals surface area contributed by atoms with E-state index in [4.69, 9.17) is 10.2 Å². The molecular weight excluding hydrogens is 268 g/mol. The first-order valence-corrected chi connectivity index (χ1v) is 7.35. The summed E-state index contributed by atoms with van der Waals surface area (Å²) in [4.78, 5) is 21.5. The van der Waals surface area contributed by atoms with Gasteiger partial charge in [-0.15, -0.1) is 0 Å². The molecule has 0 heterocycles. The second kappa shape index (κ2) is 8.65. The molecule has 0 aliphatic heterocycles. The number of carboxylic acid groups (broad SMARTS) is 2. The maximum Gasteiger partial charge on any atom is 0.330 e. The Balaban J connectivity index is 4.33. The molecule has 0 saturated carbocycles. The molecule has 0 saturated heterocycles. The third kappa shape index (κ3) is 9.05. The molecule has 0 aromatic rings. The molecule has 2 N–H and O–H groups in total. The third-order valence-electron chi connectivity index (χ3n) is 3.65. The van der Waals surface area contributed by atoms with Crippen LogP contribution in [-0.2, 0) is 9.59 Å². The standard InChI is InChI=1S/C17H28O4/c1-12(7-6-8-13(2)15(18)19)11-17(4,5)10-9-14(3)16(20)21/h8-9,12H,6-7,10-11H2,1-5H3,(H,18,19)(H,20,21). The van der Waals surface area contributed by atoms with Crippen molar-refractivity contribution in [1.82, 2.24) is 0 Å². The van der Waals surface area contributed by atoms with Gasteiger partial charge in [0, 0.05) is 11.1 Å². The topological polar surface area (TPSA) is 74.6 Å². The average molecular weight is 296 g/mol. The van der Waals surface area contributed by atoms with Gasteiger partial charge in [0.1, 0.15) is 0 Å². The number of aliphatic carboxylic acids is 2. The van der Waals surface area contributed by atoms with Crippen LogP contribution in [0.25, 0.3) is 0 Å². The zero-order chi connectivity index (χ0) is 16.6. The van der Waals surface area contributed by atoms with E-state index < -0.39 is 11.9 Å². The van der Waals surface area contributed by atoms with Crippen LogP contribution in [0.2, 0.25) is 0 Å². The number of rotatable bonds is 9. The summed E-state index contributed by atoms with van der Waals surface area (Å²) in [5.74, 6) is -1.26. The lowest BCUT2D eigenvalue weighted by Crippen LogP contribution is -2.15. The molecule has 0 radical (unpaired) electrons. The van der Waals surface area contributed by atoms with E-state index in [0.29, 0.717) is 17.1 Å². The van der Waals surface area contributed by atoms with E-state index >= 15 is 0 Å². The van der Waals surface area contributed by atoms with Crippen molar-refractivity contribution in [3.8, 4) is 0 Å². The fourth-order valence-electron chi connectivity index (χ4n) is 2.32. The van der Waals surface area contributed by atoms with Crippen LogP contribution in [0.5, 0.6) is 0 Å². The molecule has 1 unspecified atom stereocenters. The van der Waals surface area contributed by atoms with E-state index in [1.807, 2.05) is 0 Å². The predicted octanol–water partition coefficient (Wildman–Crippen LogP) is 4.27. The maximum atomic E-state index is 10.8. The molecule has 0 bridgehead atoms. The summed E-state index contributed by atoms with van der Waals surface area (Å²) in [6.07, 6.45) is 6.97. The van der Waals surface area contributed by atoms with Gasteiger partial charge in [0.15, 0.2) is 0 Å². The minimum Gasteiger partial charge on any atom is -0.478 e. The summed E-state index contributed by atoms with van der Waals surface area (Å²) in [6.45, 7) is 9.64. The van der Waals surface area contributed by atoms with Gasteiger partial charge in [-0.25, -0.2) is 9.59 Å². The van der Waals surface area contributed by atoms with Crippen molar-refractivity contribution in [2.75, 3.05) is 0 Å². The summed E-state index contributed by atoms with van der Waals surface area (Å²) in [5.41, 5.74) is 0.819. The van der Waals surface area contributed by atoms with Gasteiger partial charge >= 0.3 is 11.9 Å². The smallest absolute Gasteiger partial charge is 0.330 e. The zero-order valence-electron chi connectivity index (χ0n) is 13.8. The Morgan fingerprint density at radius 3 is 2.00 bits per heavy atom. The Kier molecular flexibility index (Phi) is 8.00. The van der Waals surface area contributed by atoms with Gasteiger partial charge in [-0.1, -0.05) is 32.9 Å². The summed E-state index contributed by atoms with van der Waals surface area (Å²) in [5, 5.41) is 17.6. The highest BCUT2D eigenvalue weighted by atomic mass is 16.4. The van der Waals surface area contributed by atoms with Crippen molar-refractivity contribution in [2.24, 2.45) is 11.3 Å². The lowest BCUT2D eigenvalue weighted by molar-refractivity contribution is -0.133. The molecule has 0 fully saturated rings. The van der Waals surface area contributed by atoms with Gasteiger partial charge in [0.2, 0.25) is 0 Å². The van der Waals surface area contributed by atoms with Crippen molar-refractivity contribution < 1.29 is 19.8 Å². The first kappa shape index (κ1) is 19.4. The Bertz CT molecular complexity index is 430. The number of carbonyl (C=O) groups is 2. The molecule has 1 atom stereocenters. The molecule has 0 amide bonds. The molecule has 0 aliphatic rings. The molecule has 0 aliphatic carbocycles. The SMILES string of the molecule is CC(=CCCC(C)CC(C)(C)CC=C(C)C(=O)O)C(=O)O. The lowest BCUT2D eigenvalue weighted by atomic mass is 9.79. The van der Waals surface area contributed by atoms with E-state index in [1.165, 1.54) is 0 Å². The maximum absolute atomic E-state index is 10.8. The van der Waals surface area contributed by atoms with Crippen molar-refractivity contribution in [3.05, 3.63) is 23.3 Å². The normalized spacial score (nSPS) is 14.9. The highest BCUT2D eigenvalue weighted by Crippen LogP contribution is 2.32. The fourth-order valence-corrected chi connectivity index (χ4v) is 2.32. The van der Waals surface area contributed by atoms with E-state index in [9.17, 15) is 9.59 Å². The molecule has 0 rings (SSSR count). The van der Waals surface area contributed by atoms with E-state index in [0.717, 1.165) is 25.7 Å². The van der Waals surface area contributed by atoms with Crippen molar-refractivity contribution in [1.29, 1.82) is 0 Å². The lowest BCUT2D eigenvalue weighted by Gasteiger charge is -2.27. The van der Waals surface area contributed by atoms with Crippen LogP contribution in [0, 0.1) is 11.3 Å². The van der Waals surface area contributed by atoms with Crippen molar-refractivity contribution in [3.63, 3.8) is 0 Å². The van der Waals surface area contributed by atoms with Crippen LogP contribution < -0.4 is 0 Å².